The molecule has 1 aliphatic rings. The number of hydrogen-bond donors (Lipinski definition) is 1. The van der Waals surface area contributed by atoms with Crippen molar-refractivity contribution < 1.29 is 0 Å². The molecule has 1 fully saturated rings. The van der Waals surface area contributed by atoms with Gasteiger partial charge in [0.25, 0.3) is 0 Å². The number of nitrogen functional groups attached to an aromatic ring is 1. The second kappa shape index (κ2) is 5.56. The summed E-state index contributed by atoms with van der Waals surface area (Å²) in [5.74, 6) is 2.43. The number of nitrogens with zero attached hydrogens (tertiary/aromatic N) is 3. The Morgan fingerprint density at radius 2 is 2.00 bits per heavy atom. The van der Waals surface area contributed by atoms with E-state index in [2.05, 4.69) is 21.0 Å². The van der Waals surface area contributed by atoms with E-state index in [4.69, 9.17) is 10.7 Å². The first-order valence-corrected chi connectivity index (χ1v) is 7.91. The van der Waals surface area contributed by atoms with Crippen LogP contribution in [0.15, 0.2) is 22.7 Å². The summed E-state index contributed by atoms with van der Waals surface area (Å²) in [5.41, 5.74) is 7.62. The quantitative estimate of drug-likeness (QED) is 0.848. The Kier molecular flexibility index (Phi) is 3.78. The number of rotatable bonds is 2. The lowest BCUT2D eigenvalue weighted by Crippen LogP contribution is -2.06. The van der Waals surface area contributed by atoms with Gasteiger partial charge in [0.15, 0.2) is 11.6 Å². The van der Waals surface area contributed by atoms with Crippen LogP contribution in [0.5, 0.6) is 0 Å². The fraction of sp³-hybridized carbons (Fsp3) is 0.467. The summed E-state index contributed by atoms with van der Waals surface area (Å²) in [6, 6.07) is 5.90. The fourth-order valence-electron chi connectivity index (χ4n) is 2.86. The largest absolute Gasteiger partial charge is 0.398 e. The van der Waals surface area contributed by atoms with Crippen molar-refractivity contribution in [3.05, 3.63) is 28.5 Å². The maximum Gasteiger partial charge on any atom is 0.158 e. The highest BCUT2D eigenvalue weighted by atomic mass is 79.9. The number of aromatic nitrogens is 3. The number of halogens is 1. The van der Waals surface area contributed by atoms with Crippen molar-refractivity contribution in [1.82, 2.24) is 14.8 Å². The monoisotopic (exact) mass is 334 g/mol. The molecular formula is C15H19BrN4. The molecule has 0 spiro atoms. The Hall–Kier alpha value is -1.36. The molecule has 4 nitrogen and oxygen atoms in total. The summed E-state index contributed by atoms with van der Waals surface area (Å²) in [7, 11) is 1.96. The van der Waals surface area contributed by atoms with E-state index in [0.29, 0.717) is 5.92 Å². The van der Waals surface area contributed by atoms with E-state index in [1.54, 1.807) is 0 Å². The molecule has 106 valence electrons. The van der Waals surface area contributed by atoms with Gasteiger partial charge < -0.3 is 5.73 Å². The summed E-state index contributed by atoms with van der Waals surface area (Å²) in [6.07, 6.45) is 6.38. The summed E-state index contributed by atoms with van der Waals surface area (Å²) in [5, 5.41) is 4.62. The molecule has 3 rings (SSSR count). The van der Waals surface area contributed by atoms with Crippen molar-refractivity contribution in [3.8, 4) is 11.4 Å². The van der Waals surface area contributed by atoms with E-state index in [1.165, 1.54) is 32.1 Å². The highest BCUT2D eigenvalue weighted by molar-refractivity contribution is 9.10. The van der Waals surface area contributed by atoms with Gasteiger partial charge in [0, 0.05) is 28.7 Å². The van der Waals surface area contributed by atoms with Crippen molar-refractivity contribution in [3.63, 3.8) is 0 Å². The maximum atomic E-state index is 5.84. The number of aryl methyl sites for hydroxylation is 1. The Bertz CT molecular complexity index is 614. The van der Waals surface area contributed by atoms with Crippen molar-refractivity contribution in [1.29, 1.82) is 0 Å². The molecule has 2 aromatic rings. The Labute approximate surface area is 127 Å². The minimum Gasteiger partial charge on any atom is -0.398 e. The second-order valence-corrected chi connectivity index (χ2v) is 6.34. The molecule has 5 heteroatoms. The highest BCUT2D eigenvalue weighted by Crippen LogP contribution is 2.32. The lowest BCUT2D eigenvalue weighted by atomic mass is 9.89. The smallest absolute Gasteiger partial charge is 0.158 e. The van der Waals surface area contributed by atoms with E-state index in [-0.39, 0.29) is 0 Å². The summed E-state index contributed by atoms with van der Waals surface area (Å²) in [6.45, 7) is 0. The van der Waals surface area contributed by atoms with Crippen LogP contribution < -0.4 is 5.73 Å². The van der Waals surface area contributed by atoms with Crippen LogP contribution in [0, 0.1) is 0 Å². The summed E-state index contributed by atoms with van der Waals surface area (Å²) < 4.78 is 2.78. The number of hydrogen-bond acceptors (Lipinski definition) is 3. The molecular weight excluding hydrogens is 316 g/mol. The van der Waals surface area contributed by atoms with Crippen LogP contribution in [0.1, 0.15) is 43.8 Å². The average molecular weight is 335 g/mol. The van der Waals surface area contributed by atoms with Crippen molar-refractivity contribution in [2.45, 2.75) is 38.0 Å². The molecule has 0 amide bonds. The maximum absolute atomic E-state index is 5.84. The molecule has 0 aliphatic heterocycles. The van der Waals surface area contributed by atoms with Gasteiger partial charge in [-0.05, 0) is 47.0 Å². The highest BCUT2D eigenvalue weighted by Gasteiger charge is 2.21. The van der Waals surface area contributed by atoms with Crippen LogP contribution in [0.2, 0.25) is 0 Å². The molecule has 0 atom stereocenters. The van der Waals surface area contributed by atoms with Crippen molar-refractivity contribution >= 4 is 21.6 Å². The minimum atomic E-state index is 0.529. The Morgan fingerprint density at radius 1 is 1.25 bits per heavy atom. The van der Waals surface area contributed by atoms with E-state index >= 15 is 0 Å². The normalized spacial score (nSPS) is 16.5. The van der Waals surface area contributed by atoms with Gasteiger partial charge >= 0.3 is 0 Å². The third-order valence-electron chi connectivity index (χ3n) is 4.01. The molecule has 1 aromatic carbocycles. The van der Waals surface area contributed by atoms with Gasteiger partial charge in [-0.25, -0.2) is 9.67 Å². The molecule has 20 heavy (non-hydrogen) atoms. The molecule has 0 radical (unpaired) electrons. The van der Waals surface area contributed by atoms with Crippen LogP contribution in [0.25, 0.3) is 11.4 Å². The van der Waals surface area contributed by atoms with Crippen molar-refractivity contribution in [2.75, 3.05) is 5.73 Å². The van der Waals surface area contributed by atoms with Gasteiger partial charge in [-0.15, -0.1) is 0 Å². The molecule has 1 heterocycles. The van der Waals surface area contributed by atoms with E-state index < -0.39 is 0 Å². The van der Waals surface area contributed by atoms with Crippen LogP contribution >= 0.6 is 15.9 Å². The average Bonchev–Trinajstić information content (AvgIpc) is 2.85. The first-order valence-electron chi connectivity index (χ1n) is 7.11. The number of anilines is 1. The predicted octanol–water partition coefficient (Wildman–Crippen LogP) is 3.87. The third kappa shape index (κ3) is 2.59. The SMILES string of the molecule is Cn1nc(C2CCCCC2)nc1-c1ccc(N)c(Br)c1. The number of benzene rings is 1. The first-order chi connectivity index (χ1) is 9.65. The number of nitrogens with two attached hydrogens (primary N) is 1. The molecule has 1 aliphatic carbocycles. The van der Waals surface area contributed by atoms with Gasteiger partial charge in [-0.2, -0.15) is 5.10 Å². The van der Waals surface area contributed by atoms with Crippen LogP contribution in [-0.4, -0.2) is 14.8 Å². The van der Waals surface area contributed by atoms with Crippen molar-refractivity contribution in [2.24, 2.45) is 7.05 Å². The van der Waals surface area contributed by atoms with E-state index in [0.717, 1.165) is 27.4 Å². The Balaban J connectivity index is 1.93. The second-order valence-electron chi connectivity index (χ2n) is 5.49. The molecule has 0 bridgehead atoms. The topological polar surface area (TPSA) is 56.7 Å². The fourth-order valence-corrected chi connectivity index (χ4v) is 3.23. The van der Waals surface area contributed by atoms with E-state index in [9.17, 15) is 0 Å². The molecule has 1 saturated carbocycles. The lowest BCUT2D eigenvalue weighted by molar-refractivity contribution is 0.427. The first kappa shape index (κ1) is 13.6. The zero-order valence-electron chi connectivity index (χ0n) is 11.6. The van der Waals surface area contributed by atoms with Gasteiger partial charge in [-0.3, -0.25) is 0 Å². The summed E-state index contributed by atoms with van der Waals surface area (Å²) in [4.78, 5) is 4.76. The lowest BCUT2D eigenvalue weighted by Gasteiger charge is -2.18. The zero-order valence-corrected chi connectivity index (χ0v) is 13.2. The molecule has 2 N–H and O–H groups in total. The van der Waals surface area contributed by atoms with E-state index in [1.807, 2.05) is 29.9 Å². The molecule has 0 saturated heterocycles. The van der Waals surface area contributed by atoms with Gasteiger partial charge in [0.05, 0.1) is 0 Å². The van der Waals surface area contributed by atoms with Crippen LogP contribution in [0.3, 0.4) is 0 Å². The van der Waals surface area contributed by atoms with Gasteiger partial charge in [-0.1, -0.05) is 19.3 Å². The zero-order chi connectivity index (χ0) is 14.1. The van der Waals surface area contributed by atoms with Crippen LogP contribution in [-0.2, 0) is 7.05 Å². The third-order valence-corrected chi connectivity index (χ3v) is 4.70. The van der Waals surface area contributed by atoms with Crippen LogP contribution in [0.4, 0.5) is 5.69 Å². The van der Waals surface area contributed by atoms with Gasteiger partial charge in [0.1, 0.15) is 0 Å². The Morgan fingerprint density at radius 3 is 2.70 bits per heavy atom. The molecule has 1 aromatic heterocycles. The predicted molar refractivity (Wildman–Crippen MR) is 84.4 cm³/mol. The molecule has 0 unspecified atom stereocenters. The van der Waals surface area contributed by atoms with Gasteiger partial charge in [0.2, 0.25) is 0 Å². The minimum absolute atomic E-state index is 0.529. The summed E-state index contributed by atoms with van der Waals surface area (Å²) >= 11 is 3.47. The standard InChI is InChI=1S/C15H19BrN4/c1-20-15(11-7-8-13(17)12(16)9-11)18-14(19-20)10-5-3-2-4-6-10/h7-10H,2-6,17H2,1H3.